The molecule has 0 unspecified atom stereocenters. The highest BCUT2D eigenvalue weighted by Crippen LogP contribution is 2.23. The molecule has 1 amide bonds. The van der Waals surface area contributed by atoms with E-state index in [1.54, 1.807) is 19.3 Å². The van der Waals surface area contributed by atoms with Crippen LogP contribution < -0.4 is 10.9 Å². The van der Waals surface area contributed by atoms with Gasteiger partial charge in [0.1, 0.15) is 17.1 Å². The van der Waals surface area contributed by atoms with Crippen LogP contribution in [-0.4, -0.2) is 17.1 Å². The lowest BCUT2D eigenvalue weighted by Crippen LogP contribution is -2.35. The highest BCUT2D eigenvalue weighted by Gasteiger charge is 2.16. The van der Waals surface area contributed by atoms with Gasteiger partial charge < -0.3 is 19.3 Å². The molecule has 1 atom stereocenters. The molecule has 6 nitrogen and oxygen atoms in total. The quantitative estimate of drug-likeness (QED) is 0.663. The van der Waals surface area contributed by atoms with Gasteiger partial charge in [-0.3, -0.25) is 4.79 Å². The van der Waals surface area contributed by atoms with Gasteiger partial charge in [0.2, 0.25) is 5.91 Å². The Hall–Kier alpha value is -3.02. The SMILES string of the molecule is Cc1c(CC(=O)N[C@H](C)CCc2ccco2)c(=O)oc2cc(O)ccc12. The number of fused-ring (bicyclic) bond motifs is 1. The second kappa shape index (κ2) is 7.47. The largest absolute Gasteiger partial charge is 0.508 e. The van der Waals surface area contributed by atoms with Gasteiger partial charge in [-0.2, -0.15) is 0 Å². The summed E-state index contributed by atoms with van der Waals surface area (Å²) in [5.41, 5.74) is 0.774. The van der Waals surface area contributed by atoms with E-state index in [0.29, 0.717) is 22.1 Å². The molecule has 6 heteroatoms. The van der Waals surface area contributed by atoms with Gasteiger partial charge in [0.25, 0.3) is 0 Å². The summed E-state index contributed by atoms with van der Waals surface area (Å²) in [6.07, 6.45) is 3.05. The summed E-state index contributed by atoms with van der Waals surface area (Å²) in [6.45, 7) is 3.69. The van der Waals surface area contributed by atoms with Crippen LogP contribution in [0.4, 0.5) is 0 Å². The Morgan fingerprint density at radius 3 is 2.85 bits per heavy atom. The predicted octanol–water partition coefficient (Wildman–Crippen LogP) is 3.08. The van der Waals surface area contributed by atoms with E-state index >= 15 is 0 Å². The Morgan fingerprint density at radius 1 is 1.31 bits per heavy atom. The molecule has 2 aromatic heterocycles. The first kappa shape index (κ1) is 17.8. The molecular formula is C20H21NO5. The number of furan rings is 1. The van der Waals surface area contributed by atoms with E-state index in [9.17, 15) is 14.7 Å². The standard InChI is InChI=1S/C20H21NO5/c1-12(5-7-15-4-3-9-25-15)21-19(23)11-17-13(2)16-8-6-14(22)10-18(16)26-20(17)24/h3-4,6,8-10,12,22H,5,7,11H2,1-2H3,(H,21,23)/t12-/m1/s1. The molecule has 0 spiro atoms. The normalized spacial score (nSPS) is 12.2. The van der Waals surface area contributed by atoms with E-state index in [1.807, 2.05) is 19.1 Å². The van der Waals surface area contributed by atoms with Crippen LogP contribution in [0.2, 0.25) is 0 Å². The highest BCUT2D eigenvalue weighted by atomic mass is 16.4. The minimum atomic E-state index is -0.556. The molecule has 3 rings (SSSR count). The van der Waals surface area contributed by atoms with Crippen molar-refractivity contribution in [1.29, 1.82) is 0 Å². The number of carbonyl (C=O) groups is 1. The zero-order valence-corrected chi connectivity index (χ0v) is 14.7. The molecule has 3 aromatic rings. The van der Waals surface area contributed by atoms with Gasteiger partial charge >= 0.3 is 5.63 Å². The Morgan fingerprint density at radius 2 is 2.12 bits per heavy atom. The minimum Gasteiger partial charge on any atom is -0.508 e. The molecule has 2 N–H and O–H groups in total. The lowest BCUT2D eigenvalue weighted by Gasteiger charge is -2.14. The molecule has 1 aromatic carbocycles. The van der Waals surface area contributed by atoms with Gasteiger partial charge in [-0.05, 0) is 50.1 Å². The number of phenols is 1. The van der Waals surface area contributed by atoms with Crippen molar-refractivity contribution in [1.82, 2.24) is 5.32 Å². The lowest BCUT2D eigenvalue weighted by molar-refractivity contribution is -0.121. The molecule has 0 aliphatic heterocycles. The van der Waals surface area contributed by atoms with Gasteiger partial charge in [0, 0.05) is 23.9 Å². The van der Waals surface area contributed by atoms with Gasteiger partial charge in [-0.1, -0.05) is 0 Å². The fourth-order valence-corrected chi connectivity index (χ4v) is 2.96. The third-order valence-corrected chi connectivity index (χ3v) is 4.42. The zero-order valence-electron chi connectivity index (χ0n) is 14.7. The van der Waals surface area contributed by atoms with Crippen LogP contribution in [0.1, 0.15) is 30.2 Å². The van der Waals surface area contributed by atoms with Gasteiger partial charge in [0.05, 0.1) is 18.2 Å². The van der Waals surface area contributed by atoms with Crippen LogP contribution in [0.25, 0.3) is 11.0 Å². The van der Waals surface area contributed by atoms with Crippen molar-refractivity contribution >= 4 is 16.9 Å². The molecule has 0 bridgehead atoms. The number of hydrogen-bond donors (Lipinski definition) is 2. The van der Waals surface area contributed by atoms with Gasteiger partial charge in [0.15, 0.2) is 0 Å². The Balaban J connectivity index is 1.68. The number of hydrogen-bond acceptors (Lipinski definition) is 5. The van der Waals surface area contributed by atoms with Crippen LogP contribution >= 0.6 is 0 Å². The Kier molecular flexibility index (Phi) is 5.11. The van der Waals surface area contributed by atoms with Crippen LogP contribution in [0.3, 0.4) is 0 Å². The zero-order chi connectivity index (χ0) is 18.7. The van der Waals surface area contributed by atoms with E-state index in [2.05, 4.69) is 5.32 Å². The minimum absolute atomic E-state index is 0.0240. The average molecular weight is 355 g/mol. The third-order valence-electron chi connectivity index (χ3n) is 4.42. The highest BCUT2D eigenvalue weighted by molar-refractivity contribution is 5.85. The second-order valence-electron chi connectivity index (χ2n) is 6.44. The van der Waals surface area contributed by atoms with E-state index < -0.39 is 5.63 Å². The third kappa shape index (κ3) is 3.96. The Labute approximate surface area is 150 Å². The average Bonchev–Trinajstić information content (AvgIpc) is 3.10. The number of nitrogens with one attached hydrogen (secondary N) is 1. The Bertz CT molecular complexity index is 972. The molecule has 136 valence electrons. The first-order valence-corrected chi connectivity index (χ1v) is 8.51. The van der Waals surface area contributed by atoms with E-state index in [0.717, 1.165) is 18.6 Å². The van der Waals surface area contributed by atoms with Gasteiger partial charge in [-0.15, -0.1) is 0 Å². The second-order valence-corrected chi connectivity index (χ2v) is 6.44. The molecule has 0 saturated heterocycles. The van der Waals surface area contributed by atoms with Crippen molar-refractivity contribution in [3.05, 3.63) is 63.9 Å². The summed E-state index contributed by atoms with van der Waals surface area (Å²) < 4.78 is 10.5. The number of amides is 1. The van der Waals surface area contributed by atoms with Crippen molar-refractivity contribution in [3.63, 3.8) is 0 Å². The summed E-state index contributed by atoms with van der Waals surface area (Å²) in [4.78, 5) is 24.6. The first-order valence-electron chi connectivity index (χ1n) is 8.51. The number of carbonyl (C=O) groups excluding carboxylic acids is 1. The van der Waals surface area contributed by atoms with Crippen molar-refractivity contribution in [2.75, 3.05) is 0 Å². The van der Waals surface area contributed by atoms with Crippen molar-refractivity contribution in [3.8, 4) is 5.75 Å². The summed E-state index contributed by atoms with van der Waals surface area (Å²) in [5, 5.41) is 13.1. The number of benzene rings is 1. The molecule has 2 heterocycles. The molecule has 0 aliphatic rings. The molecular weight excluding hydrogens is 334 g/mol. The van der Waals surface area contributed by atoms with Gasteiger partial charge in [-0.25, -0.2) is 4.79 Å². The van der Waals surface area contributed by atoms with Crippen molar-refractivity contribution < 1.29 is 18.7 Å². The molecule has 26 heavy (non-hydrogen) atoms. The molecule has 0 saturated carbocycles. The molecule has 0 aliphatic carbocycles. The van der Waals surface area contributed by atoms with Crippen LogP contribution in [-0.2, 0) is 17.6 Å². The predicted molar refractivity (Wildman–Crippen MR) is 97.2 cm³/mol. The number of aromatic hydroxyl groups is 1. The smallest absolute Gasteiger partial charge is 0.340 e. The number of rotatable bonds is 6. The van der Waals surface area contributed by atoms with E-state index in [1.165, 1.54) is 12.1 Å². The maximum absolute atomic E-state index is 12.3. The number of phenolic OH excluding ortho intramolecular Hbond substituents is 1. The fraction of sp³-hybridized carbons (Fsp3) is 0.300. The van der Waals surface area contributed by atoms with Crippen LogP contribution in [0, 0.1) is 6.92 Å². The maximum Gasteiger partial charge on any atom is 0.340 e. The summed E-state index contributed by atoms with van der Waals surface area (Å²) in [5.74, 6) is 0.668. The maximum atomic E-state index is 12.3. The summed E-state index contributed by atoms with van der Waals surface area (Å²) in [7, 11) is 0. The lowest BCUT2D eigenvalue weighted by atomic mass is 10.0. The molecule has 0 radical (unpaired) electrons. The van der Waals surface area contributed by atoms with E-state index in [-0.39, 0.29) is 24.1 Å². The van der Waals surface area contributed by atoms with E-state index in [4.69, 9.17) is 8.83 Å². The summed E-state index contributed by atoms with van der Waals surface area (Å²) in [6, 6.07) is 8.28. The van der Waals surface area contributed by atoms with Crippen molar-refractivity contribution in [2.45, 2.75) is 39.2 Å². The molecule has 0 fully saturated rings. The fourth-order valence-electron chi connectivity index (χ4n) is 2.96. The summed E-state index contributed by atoms with van der Waals surface area (Å²) >= 11 is 0. The van der Waals surface area contributed by atoms with Crippen molar-refractivity contribution in [2.24, 2.45) is 0 Å². The number of aryl methyl sites for hydroxylation is 2. The van der Waals surface area contributed by atoms with Crippen LogP contribution in [0.5, 0.6) is 5.75 Å². The van der Waals surface area contributed by atoms with Crippen LogP contribution in [0.15, 0.2) is 50.2 Å². The monoisotopic (exact) mass is 355 g/mol. The topological polar surface area (TPSA) is 92.7 Å². The first-order chi connectivity index (χ1) is 12.4.